The molecule has 1 atom stereocenters. The van der Waals surface area contributed by atoms with E-state index in [1.807, 2.05) is 24.3 Å². The third-order valence-corrected chi connectivity index (χ3v) is 3.27. The van der Waals surface area contributed by atoms with Crippen molar-refractivity contribution in [1.29, 1.82) is 5.26 Å². The highest BCUT2D eigenvalue weighted by molar-refractivity contribution is 9.10. The van der Waals surface area contributed by atoms with Crippen molar-refractivity contribution in [2.75, 3.05) is 5.32 Å². The van der Waals surface area contributed by atoms with Gasteiger partial charge >= 0.3 is 0 Å². The van der Waals surface area contributed by atoms with Crippen LogP contribution in [0.25, 0.3) is 0 Å². The van der Waals surface area contributed by atoms with Crippen molar-refractivity contribution in [3.05, 3.63) is 64.1 Å². The molecular formula is C14H9BrF2N2. The zero-order chi connectivity index (χ0) is 13.8. The Bertz CT molecular complexity index is 638. The normalized spacial score (nSPS) is 11.7. The lowest BCUT2D eigenvalue weighted by molar-refractivity contribution is 0.507. The Morgan fingerprint density at radius 1 is 1.11 bits per heavy atom. The number of rotatable bonds is 3. The summed E-state index contributed by atoms with van der Waals surface area (Å²) in [5.74, 6) is -1.90. The highest BCUT2D eigenvalue weighted by Crippen LogP contribution is 2.26. The van der Waals surface area contributed by atoms with Crippen LogP contribution < -0.4 is 5.32 Å². The quantitative estimate of drug-likeness (QED) is 0.908. The van der Waals surface area contributed by atoms with E-state index in [4.69, 9.17) is 5.26 Å². The van der Waals surface area contributed by atoms with Crippen LogP contribution in [-0.2, 0) is 0 Å². The minimum Gasteiger partial charge on any atom is -0.365 e. The van der Waals surface area contributed by atoms with Crippen molar-refractivity contribution >= 4 is 21.6 Å². The van der Waals surface area contributed by atoms with Gasteiger partial charge in [0.2, 0.25) is 0 Å². The molecule has 2 aromatic rings. The van der Waals surface area contributed by atoms with E-state index in [2.05, 4.69) is 21.2 Å². The second kappa shape index (κ2) is 5.81. The molecule has 2 rings (SSSR count). The zero-order valence-corrected chi connectivity index (χ0v) is 11.3. The molecule has 2 nitrogen and oxygen atoms in total. The molecule has 5 heteroatoms. The molecule has 0 fully saturated rings. The van der Waals surface area contributed by atoms with Crippen LogP contribution in [0.5, 0.6) is 0 Å². The summed E-state index contributed by atoms with van der Waals surface area (Å²) in [4.78, 5) is 0. The summed E-state index contributed by atoms with van der Waals surface area (Å²) in [7, 11) is 0. The van der Waals surface area contributed by atoms with Gasteiger partial charge in [-0.05, 0) is 45.8 Å². The van der Waals surface area contributed by atoms with Crippen molar-refractivity contribution in [1.82, 2.24) is 0 Å². The lowest BCUT2D eigenvalue weighted by Crippen LogP contribution is -2.09. The van der Waals surface area contributed by atoms with E-state index in [1.165, 1.54) is 6.07 Å². The van der Waals surface area contributed by atoms with Crippen molar-refractivity contribution in [2.45, 2.75) is 6.04 Å². The summed E-state index contributed by atoms with van der Waals surface area (Å²) in [6, 6.07) is 11.9. The third-order valence-electron chi connectivity index (χ3n) is 2.58. The van der Waals surface area contributed by atoms with Crippen LogP contribution in [0, 0.1) is 23.0 Å². The molecule has 0 aromatic heterocycles. The number of halogens is 3. The number of para-hydroxylation sites is 1. The van der Waals surface area contributed by atoms with E-state index < -0.39 is 17.7 Å². The first-order chi connectivity index (χ1) is 9.11. The van der Waals surface area contributed by atoms with Gasteiger partial charge in [-0.15, -0.1) is 0 Å². The molecule has 0 saturated heterocycles. The summed E-state index contributed by atoms with van der Waals surface area (Å²) >= 11 is 3.35. The van der Waals surface area contributed by atoms with Crippen LogP contribution in [0.3, 0.4) is 0 Å². The van der Waals surface area contributed by atoms with Gasteiger partial charge in [0.05, 0.1) is 6.07 Å². The zero-order valence-electron chi connectivity index (χ0n) is 9.70. The standard InChI is InChI=1S/C14H9BrF2N2/c15-10-3-1-2-4-13(10)19-14(8-18)9-5-6-11(16)12(17)7-9/h1-7,14,19H. The fourth-order valence-corrected chi connectivity index (χ4v) is 2.02. The van der Waals surface area contributed by atoms with E-state index in [0.717, 1.165) is 16.6 Å². The fraction of sp³-hybridized carbons (Fsp3) is 0.0714. The number of nitrogens with zero attached hydrogens (tertiary/aromatic N) is 1. The molecule has 96 valence electrons. The van der Waals surface area contributed by atoms with Crippen molar-refractivity contribution in [3.8, 4) is 6.07 Å². The van der Waals surface area contributed by atoms with Gasteiger partial charge in [0.25, 0.3) is 0 Å². The molecule has 0 amide bonds. The first-order valence-corrected chi connectivity index (χ1v) is 6.26. The van der Waals surface area contributed by atoms with Crippen molar-refractivity contribution in [2.24, 2.45) is 0 Å². The second-order valence-corrected chi connectivity index (χ2v) is 4.71. The van der Waals surface area contributed by atoms with Crippen LogP contribution in [0.15, 0.2) is 46.9 Å². The van der Waals surface area contributed by atoms with Crippen LogP contribution in [0.2, 0.25) is 0 Å². The Balaban J connectivity index is 2.28. The predicted molar refractivity (Wildman–Crippen MR) is 72.5 cm³/mol. The topological polar surface area (TPSA) is 35.8 Å². The Hall–Kier alpha value is -1.93. The fourth-order valence-electron chi connectivity index (χ4n) is 1.62. The largest absolute Gasteiger partial charge is 0.365 e. The Morgan fingerprint density at radius 3 is 2.47 bits per heavy atom. The van der Waals surface area contributed by atoms with Crippen molar-refractivity contribution in [3.63, 3.8) is 0 Å². The van der Waals surface area contributed by atoms with E-state index in [9.17, 15) is 8.78 Å². The molecule has 19 heavy (non-hydrogen) atoms. The van der Waals surface area contributed by atoms with E-state index >= 15 is 0 Å². The van der Waals surface area contributed by atoms with Gasteiger partial charge in [-0.1, -0.05) is 18.2 Å². The molecule has 0 spiro atoms. The van der Waals surface area contributed by atoms with Gasteiger partial charge in [-0.2, -0.15) is 5.26 Å². The smallest absolute Gasteiger partial charge is 0.159 e. The van der Waals surface area contributed by atoms with Gasteiger partial charge in [0.1, 0.15) is 6.04 Å². The highest BCUT2D eigenvalue weighted by Gasteiger charge is 2.14. The molecule has 0 heterocycles. The van der Waals surface area contributed by atoms with Gasteiger partial charge < -0.3 is 5.32 Å². The molecule has 2 aromatic carbocycles. The minimum absolute atomic E-state index is 0.372. The predicted octanol–water partition coefficient (Wildman–Crippen LogP) is 4.40. The van der Waals surface area contributed by atoms with Crippen LogP contribution in [0.1, 0.15) is 11.6 Å². The monoisotopic (exact) mass is 322 g/mol. The minimum atomic E-state index is -0.966. The molecule has 1 unspecified atom stereocenters. The molecule has 0 aliphatic rings. The number of hydrogen-bond acceptors (Lipinski definition) is 2. The molecule has 0 aliphatic carbocycles. The molecule has 0 saturated carbocycles. The SMILES string of the molecule is N#CC(Nc1ccccc1Br)c1ccc(F)c(F)c1. The lowest BCUT2D eigenvalue weighted by atomic mass is 10.1. The van der Waals surface area contributed by atoms with Crippen LogP contribution in [0.4, 0.5) is 14.5 Å². The second-order valence-electron chi connectivity index (χ2n) is 3.86. The molecular weight excluding hydrogens is 314 g/mol. The number of hydrogen-bond donors (Lipinski definition) is 1. The maximum absolute atomic E-state index is 13.2. The average Bonchev–Trinajstić information content (AvgIpc) is 2.41. The number of anilines is 1. The van der Waals surface area contributed by atoms with Gasteiger partial charge in [-0.25, -0.2) is 8.78 Å². The Labute approximate surface area is 117 Å². The average molecular weight is 323 g/mol. The molecule has 0 radical (unpaired) electrons. The number of nitriles is 1. The molecule has 0 aliphatic heterocycles. The van der Waals surface area contributed by atoms with Crippen molar-refractivity contribution < 1.29 is 8.78 Å². The molecule has 0 bridgehead atoms. The first-order valence-electron chi connectivity index (χ1n) is 5.47. The first kappa shape index (κ1) is 13.5. The summed E-state index contributed by atoms with van der Waals surface area (Å²) < 4.78 is 26.8. The van der Waals surface area contributed by atoms with E-state index in [0.29, 0.717) is 11.3 Å². The number of benzene rings is 2. The third kappa shape index (κ3) is 3.09. The Kier molecular flexibility index (Phi) is 4.13. The molecule has 1 N–H and O–H groups in total. The van der Waals surface area contributed by atoms with Crippen LogP contribution >= 0.6 is 15.9 Å². The summed E-state index contributed by atoms with van der Waals surface area (Å²) in [6.45, 7) is 0. The maximum Gasteiger partial charge on any atom is 0.159 e. The Morgan fingerprint density at radius 2 is 1.84 bits per heavy atom. The van der Waals surface area contributed by atoms with Gasteiger partial charge in [-0.3, -0.25) is 0 Å². The van der Waals surface area contributed by atoms with Gasteiger partial charge in [0.15, 0.2) is 11.6 Å². The van der Waals surface area contributed by atoms with Crippen LogP contribution in [-0.4, -0.2) is 0 Å². The van der Waals surface area contributed by atoms with E-state index in [1.54, 1.807) is 6.07 Å². The van der Waals surface area contributed by atoms with E-state index in [-0.39, 0.29) is 0 Å². The van der Waals surface area contributed by atoms with Gasteiger partial charge in [0, 0.05) is 10.2 Å². The maximum atomic E-state index is 13.2. The summed E-state index contributed by atoms with van der Waals surface area (Å²) in [6.07, 6.45) is 0. The number of nitrogens with one attached hydrogen (secondary N) is 1. The highest BCUT2D eigenvalue weighted by atomic mass is 79.9. The summed E-state index contributed by atoms with van der Waals surface area (Å²) in [5, 5.41) is 12.1. The summed E-state index contributed by atoms with van der Waals surface area (Å²) in [5.41, 5.74) is 1.08. The lowest BCUT2D eigenvalue weighted by Gasteiger charge is -2.14.